The van der Waals surface area contributed by atoms with Crippen LogP contribution < -0.4 is 9.47 Å². The fraction of sp³-hybridized carbons (Fsp3) is 0.263. The first kappa shape index (κ1) is 17.4. The van der Waals surface area contributed by atoms with E-state index in [1.165, 1.54) is 4.31 Å². The predicted molar refractivity (Wildman–Crippen MR) is 97.9 cm³/mol. The van der Waals surface area contributed by atoms with E-state index in [2.05, 4.69) is 0 Å². The Hall–Kier alpha value is -2.47. The van der Waals surface area contributed by atoms with Crippen LogP contribution in [0, 0.1) is 0 Å². The van der Waals surface area contributed by atoms with Gasteiger partial charge < -0.3 is 9.47 Å². The Balaban J connectivity index is 1.95. The maximum atomic E-state index is 12.9. The van der Waals surface area contributed by atoms with Gasteiger partial charge in [-0.1, -0.05) is 30.3 Å². The minimum Gasteiger partial charge on any atom is -0.493 e. The van der Waals surface area contributed by atoms with Crippen molar-refractivity contribution in [1.82, 2.24) is 4.31 Å². The average molecular weight is 359 g/mol. The van der Waals surface area contributed by atoms with Crippen molar-refractivity contribution in [3.8, 4) is 11.5 Å². The Morgan fingerprint density at radius 3 is 2.32 bits per heavy atom. The minimum atomic E-state index is -3.49. The first-order chi connectivity index (χ1) is 12.0. The maximum Gasteiger partial charge on any atom is 0.239 e. The molecule has 2 aromatic rings. The molecule has 0 aliphatic carbocycles. The highest BCUT2D eigenvalue weighted by atomic mass is 32.2. The second-order valence-electron chi connectivity index (χ2n) is 5.90. The Morgan fingerprint density at radius 1 is 1.04 bits per heavy atom. The summed E-state index contributed by atoms with van der Waals surface area (Å²) in [5.74, 6) is 1.17. The molecule has 0 amide bonds. The quantitative estimate of drug-likeness (QED) is 0.819. The molecule has 0 saturated heterocycles. The van der Waals surface area contributed by atoms with Crippen LogP contribution >= 0.6 is 0 Å². The van der Waals surface area contributed by atoms with Crippen LogP contribution in [0.25, 0.3) is 6.08 Å². The molecule has 1 aliphatic rings. The lowest BCUT2D eigenvalue weighted by molar-refractivity contribution is 0.352. The molecule has 2 aromatic carbocycles. The molecule has 0 fully saturated rings. The zero-order valence-corrected chi connectivity index (χ0v) is 15.3. The van der Waals surface area contributed by atoms with Crippen LogP contribution in [0.5, 0.6) is 11.5 Å². The minimum absolute atomic E-state index is 0.0366. The van der Waals surface area contributed by atoms with Crippen molar-refractivity contribution in [3.05, 3.63) is 65.4 Å². The SMILES string of the molecule is COc1cc2c(cc1OC)C(C)N(S(=O)(=O)Cc1ccccc1)C=C2. The third-order valence-electron chi connectivity index (χ3n) is 4.34. The third-order valence-corrected chi connectivity index (χ3v) is 6.11. The van der Waals surface area contributed by atoms with E-state index in [0.29, 0.717) is 11.5 Å². The first-order valence-corrected chi connectivity index (χ1v) is 9.56. The molecule has 3 rings (SSSR count). The molecule has 0 saturated carbocycles. The summed E-state index contributed by atoms with van der Waals surface area (Å²) in [6, 6.07) is 12.6. The molecule has 25 heavy (non-hydrogen) atoms. The number of hydrogen-bond donors (Lipinski definition) is 0. The molecule has 1 heterocycles. The molecule has 0 N–H and O–H groups in total. The monoisotopic (exact) mass is 359 g/mol. The lowest BCUT2D eigenvalue weighted by Gasteiger charge is -2.32. The van der Waals surface area contributed by atoms with Gasteiger partial charge in [0.05, 0.1) is 26.0 Å². The number of hydrogen-bond acceptors (Lipinski definition) is 4. The largest absolute Gasteiger partial charge is 0.493 e. The van der Waals surface area contributed by atoms with Crippen molar-refractivity contribution in [2.45, 2.75) is 18.7 Å². The van der Waals surface area contributed by atoms with Crippen LogP contribution in [0.3, 0.4) is 0 Å². The van der Waals surface area contributed by atoms with Crippen molar-refractivity contribution >= 4 is 16.1 Å². The van der Waals surface area contributed by atoms with E-state index in [0.717, 1.165) is 16.7 Å². The predicted octanol–water partition coefficient (Wildman–Crippen LogP) is 3.58. The van der Waals surface area contributed by atoms with E-state index in [1.807, 2.05) is 49.4 Å². The van der Waals surface area contributed by atoms with Gasteiger partial charge in [-0.2, -0.15) is 0 Å². The second kappa shape index (κ2) is 6.80. The van der Waals surface area contributed by atoms with Crippen LogP contribution in [0.2, 0.25) is 0 Å². The van der Waals surface area contributed by atoms with E-state index in [4.69, 9.17) is 9.47 Å². The number of sulfonamides is 1. The lowest BCUT2D eigenvalue weighted by atomic mass is 9.98. The number of nitrogens with zero attached hydrogens (tertiary/aromatic N) is 1. The highest BCUT2D eigenvalue weighted by molar-refractivity contribution is 7.88. The average Bonchev–Trinajstić information content (AvgIpc) is 2.61. The molecule has 5 nitrogen and oxygen atoms in total. The van der Waals surface area contributed by atoms with Gasteiger partial charge in [0, 0.05) is 6.20 Å². The zero-order chi connectivity index (χ0) is 18.0. The third kappa shape index (κ3) is 3.35. The Kier molecular flexibility index (Phi) is 4.72. The fourth-order valence-electron chi connectivity index (χ4n) is 3.03. The number of methoxy groups -OCH3 is 2. The number of ether oxygens (including phenoxy) is 2. The van der Waals surface area contributed by atoms with Gasteiger partial charge in [0.2, 0.25) is 10.0 Å². The smallest absolute Gasteiger partial charge is 0.239 e. The summed E-state index contributed by atoms with van der Waals surface area (Å²) in [7, 11) is -0.342. The topological polar surface area (TPSA) is 55.8 Å². The lowest BCUT2D eigenvalue weighted by Crippen LogP contribution is -2.32. The van der Waals surface area contributed by atoms with E-state index >= 15 is 0 Å². The van der Waals surface area contributed by atoms with Crippen LogP contribution in [-0.2, 0) is 15.8 Å². The summed E-state index contributed by atoms with van der Waals surface area (Å²) < 4.78 is 37.8. The molecule has 6 heteroatoms. The molecular formula is C19H21NO4S. The van der Waals surface area contributed by atoms with Crippen molar-refractivity contribution in [3.63, 3.8) is 0 Å². The van der Waals surface area contributed by atoms with Gasteiger partial charge in [0.15, 0.2) is 11.5 Å². The first-order valence-electron chi connectivity index (χ1n) is 7.95. The molecule has 1 unspecified atom stereocenters. The highest BCUT2D eigenvalue weighted by Gasteiger charge is 2.30. The summed E-state index contributed by atoms with van der Waals surface area (Å²) in [5.41, 5.74) is 2.58. The second-order valence-corrected chi connectivity index (χ2v) is 7.77. The molecule has 0 radical (unpaired) electrons. The standard InChI is InChI=1S/C19H21NO4S/c1-14-17-12-19(24-3)18(23-2)11-16(17)9-10-20(14)25(21,22)13-15-7-5-4-6-8-15/h4-12,14H,13H2,1-3H3. The normalized spacial score (nSPS) is 16.4. The van der Waals surface area contributed by atoms with Gasteiger partial charge in [0.1, 0.15) is 0 Å². The summed E-state index contributed by atoms with van der Waals surface area (Å²) in [6.07, 6.45) is 3.41. The summed E-state index contributed by atoms with van der Waals surface area (Å²) in [6.45, 7) is 1.87. The van der Waals surface area contributed by atoms with Crippen LogP contribution in [0.1, 0.15) is 29.7 Å². The van der Waals surface area contributed by atoms with E-state index < -0.39 is 10.0 Å². The van der Waals surface area contributed by atoms with Crippen LogP contribution in [-0.4, -0.2) is 26.9 Å². The highest BCUT2D eigenvalue weighted by Crippen LogP contribution is 2.39. The van der Waals surface area contributed by atoms with Crippen molar-refractivity contribution < 1.29 is 17.9 Å². The van der Waals surface area contributed by atoms with Gasteiger partial charge in [-0.15, -0.1) is 0 Å². The van der Waals surface area contributed by atoms with Gasteiger partial charge in [0.25, 0.3) is 0 Å². The molecule has 132 valence electrons. The Labute approximate surface area is 148 Å². The molecule has 1 aliphatic heterocycles. The van der Waals surface area contributed by atoms with E-state index in [1.54, 1.807) is 26.5 Å². The molecule has 0 aromatic heterocycles. The number of benzene rings is 2. The Bertz CT molecular complexity index is 891. The molecule has 1 atom stereocenters. The molecular weight excluding hydrogens is 338 g/mol. The maximum absolute atomic E-state index is 12.9. The summed E-state index contributed by atoms with van der Waals surface area (Å²) in [5, 5.41) is 0. The fourth-order valence-corrected chi connectivity index (χ4v) is 4.63. The number of fused-ring (bicyclic) bond motifs is 1. The summed E-state index contributed by atoms with van der Waals surface area (Å²) >= 11 is 0. The summed E-state index contributed by atoms with van der Waals surface area (Å²) in [4.78, 5) is 0. The van der Waals surface area contributed by atoms with Gasteiger partial charge in [-0.05, 0) is 41.8 Å². The van der Waals surface area contributed by atoms with E-state index in [-0.39, 0.29) is 11.8 Å². The van der Waals surface area contributed by atoms with Crippen molar-refractivity contribution in [2.24, 2.45) is 0 Å². The van der Waals surface area contributed by atoms with Crippen LogP contribution in [0.15, 0.2) is 48.7 Å². The van der Waals surface area contributed by atoms with Crippen LogP contribution in [0.4, 0.5) is 0 Å². The van der Waals surface area contributed by atoms with Crippen molar-refractivity contribution in [1.29, 1.82) is 0 Å². The van der Waals surface area contributed by atoms with Gasteiger partial charge in [-0.25, -0.2) is 8.42 Å². The van der Waals surface area contributed by atoms with Gasteiger partial charge in [-0.3, -0.25) is 4.31 Å². The zero-order valence-electron chi connectivity index (χ0n) is 14.5. The molecule has 0 spiro atoms. The van der Waals surface area contributed by atoms with Gasteiger partial charge >= 0.3 is 0 Å². The molecule has 0 bridgehead atoms. The van der Waals surface area contributed by atoms with E-state index in [9.17, 15) is 8.42 Å². The Morgan fingerprint density at radius 2 is 1.68 bits per heavy atom. The number of rotatable bonds is 5. The van der Waals surface area contributed by atoms with Crippen molar-refractivity contribution in [2.75, 3.05) is 14.2 Å².